The van der Waals surface area contributed by atoms with Crippen molar-refractivity contribution in [1.82, 2.24) is 20.8 Å². The van der Waals surface area contributed by atoms with Crippen LogP contribution in [0.5, 0.6) is 11.5 Å². The first-order valence-electron chi connectivity index (χ1n) is 8.78. The number of guanidine groups is 1. The standard InChI is InChI=1S/C18H25N5O3/c1-5-24-15-7-13-6-11(2)25-16(13)8-14(15)9-20-18(19-4)21-10-17-22-12(3)23-26-17/h7-8,11H,5-6,9-10H2,1-4H3,(H2,19,20,21). The predicted molar refractivity (Wildman–Crippen MR) is 97.5 cm³/mol. The summed E-state index contributed by atoms with van der Waals surface area (Å²) in [7, 11) is 1.71. The number of aromatic nitrogens is 2. The largest absolute Gasteiger partial charge is 0.494 e. The van der Waals surface area contributed by atoms with E-state index >= 15 is 0 Å². The first-order valence-corrected chi connectivity index (χ1v) is 8.78. The van der Waals surface area contributed by atoms with Crippen molar-refractivity contribution in [3.63, 3.8) is 0 Å². The summed E-state index contributed by atoms with van der Waals surface area (Å²) in [5.41, 5.74) is 2.22. The smallest absolute Gasteiger partial charge is 0.246 e. The molecule has 3 rings (SSSR count). The van der Waals surface area contributed by atoms with E-state index in [1.807, 2.05) is 13.0 Å². The molecule has 0 radical (unpaired) electrons. The van der Waals surface area contributed by atoms with Gasteiger partial charge in [0, 0.05) is 31.1 Å². The molecule has 0 saturated heterocycles. The number of hydrogen-bond acceptors (Lipinski definition) is 6. The lowest BCUT2D eigenvalue weighted by Gasteiger charge is -2.15. The average molecular weight is 359 g/mol. The topological polar surface area (TPSA) is 93.8 Å². The van der Waals surface area contributed by atoms with E-state index in [9.17, 15) is 0 Å². The minimum atomic E-state index is 0.204. The Kier molecular flexibility index (Phi) is 5.60. The van der Waals surface area contributed by atoms with E-state index in [1.54, 1.807) is 14.0 Å². The highest BCUT2D eigenvalue weighted by molar-refractivity contribution is 5.79. The van der Waals surface area contributed by atoms with Crippen LogP contribution in [0.1, 0.15) is 36.7 Å². The molecule has 1 aliphatic rings. The van der Waals surface area contributed by atoms with Gasteiger partial charge >= 0.3 is 0 Å². The van der Waals surface area contributed by atoms with Crippen molar-refractivity contribution in [3.8, 4) is 11.5 Å². The number of aryl methyl sites for hydroxylation is 1. The molecule has 8 heteroatoms. The molecular formula is C18H25N5O3. The molecule has 0 fully saturated rings. The number of nitrogens with zero attached hydrogens (tertiary/aromatic N) is 3. The van der Waals surface area contributed by atoms with E-state index in [1.165, 1.54) is 5.56 Å². The van der Waals surface area contributed by atoms with Gasteiger partial charge in [-0.05, 0) is 32.9 Å². The van der Waals surface area contributed by atoms with Crippen LogP contribution in [0.15, 0.2) is 21.6 Å². The zero-order chi connectivity index (χ0) is 18.5. The van der Waals surface area contributed by atoms with Crippen LogP contribution in [-0.2, 0) is 19.5 Å². The number of aliphatic imine (C=N–C) groups is 1. The van der Waals surface area contributed by atoms with Crippen molar-refractivity contribution in [2.45, 2.75) is 46.4 Å². The zero-order valence-corrected chi connectivity index (χ0v) is 15.6. The highest BCUT2D eigenvalue weighted by Crippen LogP contribution is 2.35. The van der Waals surface area contributed by atoms with E-state index in [0.29, 0.717) is 37.4 Å². The quantitative estimate of drug-likeness (QED) is 0.601. The number of hydrogen-bond donors (Lipinski definition) is 2. The normalized spacial score (nSPS) is 16.2. The van der Waals surface area contributed by atoms with Crippen molar-refractivity contribution in [2.75, 3.05) is 13.7 Å². The maximum Gasteiger partial charge on any atom is 0.246 e. The Morgan fingerprint density at radius 2 is 2.15 bits per heavy atom. The zero-order valence-electron chi connectivity index (χ0n) is 15.6. The average Bonchev–Trinajstić information content (AvgIpc) is 3.19. The molecule has 2 N–H and O–H groups in total. The monoisotopic (exact) mass is 359 g/mol. The van der Waals surface area contributed by atoms with E-state index in [-0.39, 0.29) is 6.10 Å². The first-order chi connectivity index (χ1) is 12.6. The summed E-state index contributed by atoms with van der Waals surface area (Å²) < 4.78 is 16.8. The van der Waals surface area contributed by atoms with Gasteiger partial charge in [-0.1, -0.05) is 5.16 Å². The Morgan fingerprint density at radius 3 is 2.85 bits per heavy atom. The summed E-state index contributed by atoms with van der Waals surface area (Å²) >= 11 is 0. The second kappa shape index (κ2) is 8.07. The van der Waals surface area contributed by atoms with Crippen molar-refractivity contribution in [3.05, 3.63) is 35.0 Å². The summed E-state index contributed by atoms with van der Waals surface area (Å²) in [5.74, 6) is 3.57. The highest BCUT2D eigenvalue weighted by Gasteiger charge is 2.22. The molecule has 0 bridgehead atoms. The summed E-state index contributed by atoms with van der Waals surface area (Å²) in [6.45, 7) is 7.42. The van der Waals surface area contributed by atoms with Crippen molar-refractivity contribution < 1.29 is 14.0 Å². The van der Waals surface area contributed by atoms with E-state index in [4.69, 9.17) is 14.0 Å². The molecule has 1 atom stereocenters. The molecule has 0 saturated carbocycles. The van der Waals surface area contributed by atoms with Crippen LogP contribution >= 0.6 is 0 Å². The van der Waals surface area contributed by atoms with Crippen LogP contribution in [0.25, 0.3) is 0 Å². The minimum Gasteiger partial charge on any atom is -0.494 e. The summed E-state index contributed by atoms with van der Waals surface area (Å²) in [6, 6.07) is 4.13. The predicted octanol–water partition coefficient (Wildman–Crippen LogP) is 1.97. The van der Waals surface area contributed by atoms with Crippen LogP contribution in [0, 0.1) is 6.92 Å². The van der Waals surface area contributed by atoms with Gasteiger partial charge in [0.05, 0.1) is 13.2 Å². The fraction of sp³-hybridized carbons (Fsp3) is 0.500. The van der Waals surface area contributed by atoms with E-state index < -0.39 is 0 Å². The van der Waals surface area contributed by atoms with Gasteiger partial charge in [-0.25, -0.2) is 0 Å². The fourth-order valence-corrected chi connectivity index (χ4v) is 2.88. The lowest BCUT2D eigenvalue weighted by Crippen LogP contribution is -2.36. The molecule has 1 aliphatic heterocycles. The van der Waals surface area contributed by atoms with Crippen LogP contribution in [0.3, 0.4) is 0 Å². The van der Waals surface area contributed by atoms with Crippen LogP contribution in [0.4, 0.5) is 0 Å². The maximum absolute atomic E-state index is 5.86. The maximum atomic E-state index is 5.86. The number of fused-ring (bicyclic) bond motifs is 1. The van der Waals surface area contributed by atoms with Gasteiger partial charge in [-0.15, -0.1) is 0 Å². The Bertz CT molecular complexity index is 787. The Labute approximate surface area is 153 Å². The third-order valence-corrected chi connectivity index (χ3v) is 4.03. The van der Waals surface area contributed by atoms with Gasteiger partial charge in [0.2, 0.25) is 5.89 Å². The number of rotatable bonds is 6. The van der Waals surface area contributed by atoms with Gasteiger partial charge < -0.3 is 24.6 Å². The molecule has 26 heavy (non-hydrogen) atoms. The molecule has 0 amide bonds. The lowest BCUT2D eigenvalue weighted by atomic mass is 10.1. The SMILES string of the molecule is CCOc1cc2c(cc1CNC(=NC)NCc1nc(C)no1)OC(C)C2. The molecule has 2 aromatic rings. The third kappa shape index (κ3) is 4.25. The molecule has 1 aromatic carbocycles. The van der Waals surface area contributed by atoms with E-state index in [0.717, 1.165) is 23.5 Å². The van der Waals surface area contributed by atoms with Gasteiger partial charge in [-0.3, -0.25) is 4.99 Å². The Balaban J connectivity index is 1.64. The highest BCUT2D eigenvalue weighted by atomic mass is 16.5. The van der Waals surface area contributed by atoms with Crippen LogP contribution in [-0.4, -0.2) is 35.9 Å². The van der Waals surface area contributed by atoms with Crippen molar-refractivity contribution >= 4 is 5.96 Å². The summed E-state index contributed by atoms with van der Waals surface area (Å²) in [4.78, 5) is 8.38. The van der Waals surface area contributed by atoms with Crippen LogP contribution < -0.4 is 20.1 Å². The minimum absolute atomic E-state index is 0.204. The Morgan fingerprint density at radius 1 is 1.35 bits per heavy atom. The molecule has 1 aromatic heterocycles. The van der Waals surface area contributed by atoms with Crippen molar-refractivity contribution in [1.29, 1.82) is 0 Å². The second-order valence-electron chi connectivity index (χ2n) is 6.15. The number of ether oxygens (including phenoxy) is 2. The van der Waals surface area contributed by atoms with Gasteiger partial charge in [0.25, 0.3) is 0 Å². The Hall–Kier alpha value is -2.77. The van der Waals surface area contributed by atoms with Gasteiger partial charge in [-0.2, -0.15) is 4.98 Å². The van der Waals surface area contributed by atoms with Gasteiger partial charge in [0.1, 0.15) is 17.6 Å². The van der Waals surface area contributed by atoms with E-state index in [2.05, 4.69) is 38.8 Å². The third-order valence-electron chi connectivity index (χ3n) is 4.03. The molecule has 0 aliphatic carbocycles. The summed E-state index contributed by atoms with van der Waals surface area (Å²) in [6.07, 6.45) is 1.12. The molecule has 2 heterocycles. The van der Waals surface area contributed by atoms with Gasteiger partial charge in [0.15, 0.2) is 11.8 Å². The van der Waals surface area contributed by atoms with Crippen molar-refractivity contribution in [2.24, 2.45) is 4.99 Å². The molecule has 140 valence electrons. The second-order valence-corrected chi connectivity index (χ2v) is 6.15. The molecule has 0 spiro atoms. The number of benzene rings is 1. The molecular weight excluding hydrogens is 334 g/mol. The summed E-state index contributed by atoms with van der Waals surface area (Å²) in [5, 5.41) is 10.2. The lowest BCUT2D eigenvalue weighted by molar-refractivity contribution is 0.254. The number of nitrogens with one attached hydrogen (secondary N) is 2. The molecule has 1 unspecified atom stereocenters. The first kappa shape index (κ1) is 18.0. The van der Waals surface area contributed by atoms with Crippen LogP contribution in [0.2, 0.25) is 0 Å². The molecule has 8 nitrogen and oxygen atoms in total. The fourth-order valence-electron chi connectivity index (χ4n) is 2.88.